The highest BCUT2D eigenvalue weighted by atomic mass is 19.4. The molecule has 0 atom stereocenters. The zero-order valence-electron chi connectivity index (χ0n) is 17.9. The van der Waals surface area contributed by atoms with E-state index in [2.05, 4.69) is 10.3 Å². The molecule has 0 spiro atoms. The number of oxazole rings is 1. The minimum atomic E-state index is -4.59. The number of carbonyl (C=O) groups is 1. The third kappa shape index (κ3) is 5.92. The van der Waals surface area contributed by atoms with Crippen molar-refractivity contribution in [1.82, 2.24) is 4.98 Å². The standard InChI is InChI=1S/C24H24F3N3O3/c25-24(26,27)19-15-18(30-11-13-32-14-12-30)9-10-20(19)29-22(31)7-4-8-23-28-16-21(33-23)17-5-2-1-3-6-17/h1-3,5-6,9-10,15-16H,4,7-8,11-14H2,(H,29,31). The topological polar surface area (TPSA) is 67.6 Å². The van der Waals surface area contributed by atoms with E-state index in [1.54, 1.807) is 12.3 Å². The molecule has 174 valence electrons. The number of halogens is 3. The van der Waals surface area contributed by atoms with Gasteiger partial charge in [0.2, 0.25) is 5.91 Å². The van der Waals surface area contributed by atoms with Crippen LogP contribution in [-0.2, 0) is 22.1 Å². The number of rotatable bonds is 7. The molecular weight excluding hydrogens is 435 g/mol. The fraction of sp³-hybridized carbons (Fsp3) is 0.333. The van der Waals surface area contributed by atoms with Gasteiger partial charge in [0.15, 0.2) is 11.7 Å². The Morgan fingerprint density at radius 2 is 1.85 bits per heavy atom. The lowest BCUT2D eigenvalue weighted by molar-refractivity contribution is -0.136. The van der Waals surface area contributed by atoms with Crippen molar-refractivity contribution in [2.75, 3.05) is 36.5 Å². The summed E-state index contributed by atoms with van der Waals surface area (Å²) in [6.45, 7) is 1.99. The Morgan fingerprint density at radius 1 is 1.09 bits per heavy atom. The maximum absolute atomic E-state index is 13.6. The molecule has 4 rings (SSSR count). The van der Waals surface area contributed by atoms with E-state index in [1.165, 1.54) is 6.07 Å². The van der Waals surface area contributed by atoms with Gasteiger partial charge in [0.1, 0.15) is 0 Å². The Bertz CT molecular complexity index is 1080. The largest absolute Gasteiger partial charge is 0.441 e. The summed E-state index contributed by atoms with van der Waals surface area (Å²) >= 11 is 0. The Kier molecular flexibility index (Phi) is 6.98. The maximum Gasteiger partial charge on any atom is 0.418 e. The molecule has 1 fully saturated rings. The number of benzene rings is 2. The number of nitrogens with zero attached hydrogens (tertiary/aromatic N) is 2. The first kappa shape index (κ1) is 22.8. The number of nitrogens with one attached hydrogen (secondary N) is 1. The van der Waals surface area contributed by atoms with Crippen LogP contribution in [0.2, 0.25) is 0 Å². The Hall–Kier alpha value is -3.33. The molecule has 0 bridgehead atoms. The second-order valence-corrected chi connectivity index (χ2v) is 7.71. The third-order valence-electron chi connectivity index (χ3n) is 5.37. The first-order chi connectivity index (χ1) is 15.9. The van der Waals surface area contributed by atoms with Crippen LogP contribution in [0, 0.1) is 0 Å². The van der Waals surface area contributed by atoms with Crippen LogP contribution in [0.3, 0.4) is 0 Å². The van der Waals surface area contributed by atoms with Crippen LogP contribution in [0.15, 0.2) is 59.1 Å². The molecule has 2 heterocycles. The summed E-state index contributed by atoms with van der Waals surface area (Å²) in [5.41, 5.74) is 0.253. The molecule has 1 amide bonds. The Labute approximate surface area is 189 Å². The minimum Gasteiger partial charge on any atom is -0.441 e. The fourth-order valence-electron chi connectivity index (χ4n) is 3.67. The van der Waals surface area contributed by atoms with Crippen molar-refractivity contribution < 1.29 is 27.1 Å². The van der Waals surface area contributed by atoms with Gasteiger partial charge in [-0.25, -0.2) is 4.98 Å². The van der Waals surface area contributed by atoms with Gasteiger partial charge in [-0.05, 0) is 24.6 Å². The van der Waals surface area contributed by atoms with Crippen LogP contribution < -0.4 is 10.2 Å². The van der Waals surface area contributed by atoms with Gasteiger partial charge in [0, 0.05) is 37.2 Å². The van der Waals surface area contributed by atoms with E-state index < -0.39 is 17.6 Å². The third-order valence-corrected chi connectivity index (χ3v) is 5.37. The number of aromatic nitrogens is 1. The highest BCUT2D eigenvalue weighted by Gasteiger charge is 2.34. The summed E-state index contributed by atoms with van der Waals surface area (Å²) in [6, 6.07) is 13.5. The molecule has 1 aliphatic heterocycles. The number of alkyl halides is 3. The van der Waals surface area contributed by atoms with E-state index in [-0.39, 0.29) is 12.1 Å². The van der Waals surface area contributed by atoms with Gasteiger partial charge in [-0.1, -0.05) is 30.3 Å². The van der Waals surface area contributed by atoms with Crippen molar-refractivity contribution >= 4 is 17.3 Å². The smallest absolute Gasteiger partial charge is 0.418 e. The molecule has 2 aromatic carbocycles. The lowest BCUT2D eigenvalue weighted by Gasteiger charge is -2.29. The van der Waals surface area contributed by atoms with Crippen LogP contribution in [0.4, 0.5) is 24.5 Å². The molecule has 0 aliphatic carbocycles. The van der Waals surface area contributed by atoms with E-state index in [1.807, 2.05) is 35.2 Å². The minimum absolute atomic E-state index is 0.0472. The summed E-state index contributed by atoms with van der Waals surface area (Å²) in [5, 5.41) is 2.41. The van der Waals surface area contributed by atoms with Crippen molar-refractivity contribution in [2.24, 2.45) is 0 Å². The number of ether oxygens (including phenoxy) is 1. The van der Waals surface area contributed by atoms with Crippen LogP contribution in [0.25, 0.3) is 11.3 Å². The predicted molar refractivity (Wildman–Crippen MR) is 118 cm³/mol. The number of morpholine rings is 1. The molecule has 0 saturated carbocycles. The Morgan fingerprint density at radius 3 is 2.58 bits per heavy atom. The second kappa shape index (κ2) is 10.1. The maximum atomic E-state index is 13.6. The Balaban J connectivity index is 1.35. The lowest BCUT2D eigenvalue weighted by Crippen LogP contribution is -2.36. The zero-order valence-corrected chi connectivity index (χ0v) is 17.9. The van der Waals surface area contributed by atoms with Crippen molar-refractivity contribution in [2.45, 2.75) is 25.4 Å². The first-order valence-corrected chi connectivity index (χ1v) is 10.7. The average Bonchev–Trinajstić information content (AvgIpc) is 3.29. The van der Waals surface area contributed by atoms with Gasteiger partial charge in [0.25, 0.3) is 0 Å². The lowest BCUT2D eigenvalue weighted by atomic mass is 10.1. The van der Waals surface area contributed by atoms with Crippen LogP contribution in [0.5, 0.6) is 0 Å². The van der Waals surface area contributed by atoms with Crippen molar-refractivity contribution in [3.8, 4) is 11.3 Å². The van der Waals surface area contributed by atoms with Gasteiger partial charge in [-0.2, -0.15) is 13.2 Å². The molecule has 0 radical (unpaired) electrons. The highest BCUT2D eigenvalue weighted by Crippen LogP contribution is 2.37. The van der Waals surface area contributed by atoms with E-state index >= 15 is 0 Å². The van der Waals surface area contributed by atoms with Crippen molar-refractivity contribution in [3.05, 3.63) is 66.2 Å². The van der Waals surface area contributed by atoms with Gasteiger partial charge in [-0.3, -0.25) is 4.79 Å². The molecule has 33 heavy (non-hydrogen) atoms. The van der Waals surface area contributed by atoms with Crippen molar-refractivity contribution in [1.29, 1.82) is 0 Å². The number of carbonyl (C=O) groups excluding carboxylic acids is 1. The normalized spacial score (nSPS) is 14.3. The molecule has 0 unspecified atom stereocenters. The number of amides is 1. The van der Waals surface area contributed by atoms with Gasteiger partial charge < -0.3 is 19.4 Å². The number of hydrogen-bond acceptors (Lipinski definition) is 5. The van der Waals surface area contributed by atoms with E-state index in [9.17, 15) is 18.0 Å². The van der Waals surface area contributed by atoms with Gasteiger partial charge in [0.05, 0.1) is 30.7 Å². The molecule has 1 aromatic heterocycles. The molecule has 3 aromatic rings. The molecule has 1 saturated heterocycles. The number of hydrogen-bond donors (Lipinski definition) is 1. The van der Waals surface area contributed by atoms with Crippen LogP contribution >= 0.6 is 0 Å². The zero-order chi connectivity index (χ0) is 23.3. The summed E-state index contributed by atoms with van der Waals surface area (Å²) in [7, 11) is 0. The predicted octanol–water partition coefficient (Wildman–Crippen LogP) is 5.16. The fourth-order valence-corrected chi connectivity index (χ4v) is 3.67. The van der Waals surface area contributed by atoms with E-state index in [4.69, 9.17) is 9.15 Å². The number of anilines is 2. The molecule has 1 N–H and O–H groups in total. The van der Waals surface area contributed by atoms with Gasteiger partial charge in [-0.15, -0.1) is 0 Å². The molecule has 9 heteroatoms. The summed E-state index contributed by atoms with van der Waals surface area (Å²) in [6.07, 6.45) is -2.12. The summed E-state index contributed by atoms with van der Waals surface area (Å²) in [5.74, 6) is 0.618. The highest BCUT2D eigenvalue weighted by molar-refractivity contribution is 5.92. The van der Waals surface area contributed by atoms with E-state index in [0.29, 0.717) is 56.5 Å². The van der Waals surface area contributed by atoms with E-state index in [0.717, 1.165) is 11.6 Å². The monoisotopic (exact) mass is 459 g/mol. The summed E-state index contributed by atoms with van der Waals surface area (Å²) < 4.78 is 51.9. The molecule has 1 aliphatic rings. The van der Waals surface area contributed by atoms with Crippen LogP contribution in [0.1, 0.15) is 24.3 Å². The molecular formula is C24H24F3N3O3. The second-order valence-electron chi connectivity index (χ2n) is 7.71. The summed E-state index contributed by atoms with van der Waals surface area (Å²) in [4.78, 5) is 18.4. The molecule has 6 nitrogen and oxygen atoms in total. The van der Waals surface area contributed by atoms with Crippen molar-refractivity contribution in [3.63, 3.8) is 0 Å². The first-order valence-electron chi connectivity index (χ1n) is 10.7. The van der Waals surface area contributed by atoms with Crippen LogP contribution in [-0.4, -0.2) is 37.2 Å². The number of aryl methyl sites for hydroxylation is 1. The van der Waals surface area contributed by atoms with Gasteiger partial charge >= 0.3 is 6.18 Å². The average molecular weight is 459 g/mol. The SMILES string of the molecule is O=C(CCCc1ncc(-c2ccccc2)o1)Nc1ccc(N2CCOCC2)cc1C(F)(F)F. The quantitative estimate of drug-likeness (QED) is 0.529.